The van der Waals surface area contributed by atoms with Crippen molar-refractivity contribution < 1.29 is 22.8 Å². The third-order valence-corrected chi connectivity index (χ3v) is 6.12. The lowest BCUT2D eigenvalue weighted by Gasteiger charge is -2.30. The van der Waals surface area contributed by atoms with Crippen molar-refractivity contribution in [1.82, 2.24) is 0 Å². The minimum Gasteiger partial charge on any atom is -0.458 e. The second-order valence-corrected chi connectivity index (χ2v) is 7.67. The SMILES string of the molecule is CO[Si](OC)(OC)C(C)OC(=O)C(C)c1ccccc1. The van der Waals surface area contributed by atoms with Crippen LogP contribution in [0.5, 0.6) is 0 Å². The third-order valence-electron chi connectivity index (χ3n) is 3.30. The molecule has 0 saturated carbocycles. The lowest BCUT2D eigenvalue weighted by molar-refractivity contribution is -0.149. The van der Waals surface area contributed by atoms with Crippen LogP contribution in [0.25, 0.3) is 0 Å². The molecule has 2 atom stereocenters. The minimum atomic E-state index is -2.97. The monoisotopic (exact) mass is 298 g/mol. The first-order chi connectivity index (χ1) is 9.50. The molecule has 0 heterocycles. The first kappa shape index (κ1) is 16.8. The van der Waals surface area contributed by atoms with Crippen molar-refractivity contribution in [1.29, 1.82) is 0 Å². The van der Waals surface area contributed by atoms with Crippen LogP contribution >= 0.6 is 0 Å². The fraction of sp³-hybridized carbons (Fsp3) is 0.500. The van der Waals surface area contributed by atoms with Crippen LogP contribution in [-0.2, 0) is 22.8 Å². The van der Waals surface area contributed by atoms with Crippen LogP contribution < -0.4 is 0 Å². The van der Waals surface area contributed by atoms with E-state index < -0.39 is 14.5 Å². The zero-order chi connectivity index (χ0) is 15.2. The summed E-state index contributed by atoms with van der Waals surface area (Å²) in [7, 11) is 1.50. The van der Waals surface area contributed by atoms with Crippen molar-refractivity contribution in [2.24, 2.45) is 0 Å². The number of hydrogen-bond acceptors (Lipinski definition) is 5. The van der Waals surface area contributed by atoms with Crippen LogP contribution in [0, 0.1) is 0 Å². The first-order valence-electron chi connectivity index (χ1n) is 6.41. The van der Waals surface area contributed by atoms with Gasteiger partial charge in [-0.15, -0.1) is 0 Å². The second-order valence-electron chi connectivity index (χ2n) is 4.43. The maximum atomic E-state index is 12.2. The molecule has 5 nitrogen and oxygen atoms in total. The Bertz CT molecular complexity index is 411. The Hall–Kier alpha value is -1.21. The predicted octanol–water partition coefficient (Wildman–Crippen LogP) is 2.14. The van der Waals surface area contributed by atoms with Gasteiger partial charge in [-0.2, -0.15) is 0 Å². The van der Waals surface area contributed by atoms with E-state index in [1.807, 2.05) is 30.3 Å². The zero-order valence-electron chi connectivity index (χ0n) is 12.6. The summed E-state index contributed by atoms with van der Waals surface area (Å²) in [6.07, 6.45) is 0. The second kappa shape index (κ2) is 7.54. The molecule has 0 fully saturated rings. The summed E-state index contributed by atoms with van der Waals surface area (Å²) in [6.45, 7) is 3.53. The summed E-state index contributed by atoms with van der Waals surface area (Å²) in [4.78, 5) is 12.2. The zero-order valence-corrected chi connectivity index (χ0v) is 13.6. The molecule has 0 aliphatic heterocycles. The molecule has 0 spiro atoms. The predicted molar refractivity (Wildman–Crippen MR) is 77.2 cm³/mol. The van der Waals surface area contributed by atoms with Crippen LogP contribution in [0.3, 0.4) is 0 Å². The van der Waals surface area contributed by atoms with Gasteiger partial charge in [0.1, 0.15) is 0 Å². The van der Waals surface area contributed by atoms with Gasteiger partial charge in [0.05, 0.1) is 5.92 Å². The van der Waals surface area contributed by atoms with Crippen LogP contribution in [0.1, 0.15) is 25.3 Å². The number of benzene rings is 1. The van der Waals surface area contributed by atoms with Crippen LogP contribution in [-0.4, -0.2) is 41.8 Å². The Labute approximate surface area is 121 Å². The molecule has 20 heavy (non-hydrogen) atoms. The number of hydrogen-bond donors (Lipinski definition) is 0. The minimum absolute atomic E-state index is 0.327. The molecule has 112 valence electrons. The number of carbonyl (C=O) groups is 1. The Morgan fingerprint density at radius 1 is 1.00 bits per heavy atom. The number of ether oxygens (including phenoxy) is 1. The molecule has 0 aromatic heterocycles. The molecule has 6 heteroatoms. The molecule has 1 aromatic carbocycles. The highest BCUT2D eigenvalue weighted by Gasteiger charge is 2.48. The molecule has 2 unspecified atom stereocenters. The topological polar surface area (TPSA) is 54.0 Å². The summed E-state index contributed by atoms with van der Waals surface area (Å²) >= 11 is 0. The Balaban J connectivity index is 2.75. The molecular weight excluding hydrogens is 276 g/mol. The molecular formula is C14H22O5Si. The lowest BCUT2D eigenvalue weighted by Crippen LogP contribution is -2.55. The fourth-order valence-corrected chi connectivity index (χ4v) is 3.73. The average Bonchev–Trinajstić information content (AvgIpc) is 2.49. The molecule has 0 bridgehead atoms. The van der Waals surface area contributed by atoms with E-state index in [4.69, 9.17) is 18.0 Å². The van der Waals surface area contributed by atoms with Gasteiger partial charge in [0, 0.05) is 21.3 Å². The summed E-state index contributed by atoms with van der Waals surface area (Å²) in [6, 6.07) is 9.47. The van der Waals surface area contributed by atoms with E-state index in [0.29, 0.717) is 0 Å². The van der Waals surface area contributed by atoms with Crippen LogP contribution in [0.2, 0.25) is 0 Å². The van der Waals surface area contributed by atoms with Crippen molar-refractivity contribution in [3.05, 3.63) is 35.9 Å². The van der Waals surface area contributed by atoms with E-state index in [0.717, 1.165) is 5.56 Å². The summed E-state index contributed by atoms with van der Waals surface area (Å²) in [5.74, 6) is -0.678. The van der Waals surface area contributed by atoms with E-state index in [1.165, 1.54) is 21.3 Å². The van der Waals surface area contributed by atoms with E-state index >= 15 is 0 Å². The van der Waals surface area contributed by atoms with E-state index in [9.17, 15) is 4.79 Å². The fourth-order valence-electron chi connectivity index (χ4n) is 1.97. The van der Waals surface area contributed by atoms with Gasteiger partial charge in [-0.3, -0.25) is 4.79 Å². The van der Waals surface area contributed by atoms with Crippen LogP contribution in [0.15, 0.2) is 30.3 Å². The Morgan fingerprint density at radius 2 is 1.50 bits per heavy atom. The molecule has 1 aromatic rings. The van der Waals surface area contributed by atoms with E-state index in [2.05, 4.69) is 0 Å². The smallest absolute Gasteiger partial charge is 0.458 e. The highest BCUT2D eigenvalue weighted by molar-refractivity contribution is 6.62. The number of esters is 1. The lowest BCUT2D eigenvalue weighted by atomic mass is 10.0. The largest absolute Gasteiger partial charge is 0.542 e. The molecule has 0 aliphatic carbocycles. The number of carbonyl (C=O) groups excluding carboxylic acids is 1. The van der Waals surface area contributed by atoms with Gasteiger partial charge in [0.2, 0.25) is 0 Å². The average molecular weight is 298 g/mol. The van der Waals surface area contributed by atoms with E-state index in [-0.39, 0.29) is 11.9 Å². The summed E-state index contributed by atoms with van der Waals surface area (Å²) in [5, 5.41) is 0. The summed E-state index contributed by atoms with van der Waals surface area (Å²) in [5.41, 5.74) is 0.338. The normalized spacial score (nSPS) is 14.7. The molecule has 0 amide bonds. The molecule has 0 saturated heterocycles. The Morgan fingerprint density at radius 3 is 1.95 bits per heavy atom. The van der Waals surface area contributed by atoms with Gasteiger partial charge < -0.3 is 18.0 Å². The summed E-state index contributed by atoms with van der Waals surface area (Å²) < 4.78 is 21.4. The van der Waals surface area contributed by atoms with Gasteiger partial charge in [-0.05, 0) is 19.4 Å². The Kier molecular flexibility index (Phi) is 6.35. The van der Waals surface area contributed by atoms with Gasteiger partial charge >= 0.3 is 14.8 Å². The van der Waals surface area contributed by atoms with Crippen molar-refractivity contribution in [2.45, 2.75) is 25.5 Å². The van der Waals surface area contributed by atoms with Gasteiger partial charge in [-0.25, -0.2) is 0 Å². The molecule has 0 N–H and O–H groups in total. The van der Waals surface area contributed by atoms with Crippen LogP contribution in [0.4, 0.5) is 0 Å². The van der Waals surface area contributed by atoms with Crippen molar-refractivity contribution in [3.63, 3.8) is 0 Å². The molecule has 1 rings (SSSR count). The molecule has 0 aliphatic rings. The highest BCUT2D eigenvalue weighted by Crippen LogP contribution is 2.20. The standard InChI is InChI=1S/C14H22O5Si/c1-11(13-9-7-6-8-10-13)14(15)19-12(2)20(16-3,17-4)18-5/h6-12H,1-5H3. The first-order valence-corrected chi connectivity index (χ1v) is 8.21. The molecule has 0 radical (unpaired) electrons. The quantitative estimate of drug-likeness (QED) is 0.570. The van der Waals surface area contributed by atoms with Gasteiger partial charge in [0.25, 0.3) is 0 Å². The van der Waals surface area contributed by atoms with Crippen molar-refractivity contribution in [2.75, 3.05) is 21.3 Å². The highest BCUT2D eigenvalue weighted by atomic mass is 28.4. The van der Waals surface area contributed by atoms with Gasteiger partial charge in [-0.1, -0.05) is 30.3 Å². The maximum Gasteiger partial charge on any atom is 0.542 e. The third kappa shape index (κ3) is 3.66. The van der Waals surface area contributed by atoms with E-state index in [1.54, 1.807) is 13.8 Å². The van der Waals surface area contributed by atoms with Gasteiger partial charge in [0.15, 0.2) is 5.73 Å². The number of rotatable bonds is 7. The van der Waals surface area contributed by atoms with Crippen molar-refractivity contribution >= 4 is 14.8 Å². The van der Waals surface area contributed by atoms with Crippen molar-refractivity contribution in [3.8, 4) is 0 Å². The maximum absolute atomic E-state index is 12.2.